The molecule has 1 saturated heterocycles. The summed E-state index contributed by atoms with van der Waals surface area (Å²) in [7, 11) is 1.75. The average Bonchev–Trinajstić information content (AvgIpc) is 2.38. The molecule has 2 nitrogen and oxygen atoms in total. The van der Waals surface area contributed by atoms with Crippen molar-refractivity contribution in [1.29, 1.82) is 0 Å². The summed E-state index contributed by atoms with van der Waals surface area (Å²) in [6, 6.07) is 6.98. The molecule has 1 fully saturated rings. The Hall–Kier alpha value is -0.700. The van der Waals surface area contributed by atoms with Gasteiger partial charge in [0, 0.05) is 17.1 Å². The summed E-state index contributed by atoms with van der Waals surface area (Å²) in [5, 5.41) is 0. The predicted molar refractivity (Wildman–Crippen MR) is 76.0 cm³/mol. The van der Waals surface area contributed by atoms with Crippen molar-refractivity contribution in [2.75, 3.05) is 18.6 Å². The number of rotatable bonds is 3. The van der Waals surface area contributed by atoms with E-state index in [0.29, 0.717) is 6.04 Å². The van der Waals surface area contributed by atoms with Crippen LogP contribution >= 0.6 is 15.9 Å². The standard InChI is InChI=1S/C14H20BrNO/c1-3-12-6-4-5-9-16(12)13-8-7-11(15)10-14(13)17-2/h7-8,10,12H,3-6,9H2,1-2H3. The molecule has 1 unspecified atom stereocenters. The molecule has 94 valence electrons. The summed E-state index contributed by atoms with van der Waals surface area (Å²) in [6.07, 6.45) is 5.15. The average molecular weight is 298 g/mol. The second kappa shape index (κ2) is 5.76. The van der Waals surface area contributed by atoms with E-state index in [9.17, 15) is 0 Å². The molecular weight excluding hydrogens is 278 g/mol. The van der Waals surface area contributed by atoms with Gasteiger partial charge in [-0.15, -0.1) is 0 Å². The highest BCUT2D eigenvalue weighted by Gasteiger charge is 2.23. The fourth-order valence-electron chi connectivity index (χ4n) is 2.63. The minimum atomic E-state index is 0.666. The lowest BCUT2D eigenvalue weighted by atomic mass is 9.99. The molecule has 0 radical (unpaired) electrons. The fraction of sp³-hybridized carbons (Fsp3) is 0.571. The zero-order valence-electron chi connectivity index (χ0n) is 10.6. The molecule has 2 rings (SSSR count). The van der Waals surface area contributed by atoms with Gasteiger partial charge < -0.3 is 9.64 Å². The molecule has 0 bridgehead atoms. The molecule has 1 aromatic carbocycles. The summed E-state index contributed by atoms with van der Waals surface area (Å²) in [6.45, 7) is 3.42. The first kappa shape index (κ1) is 12.7. The summed E-state index contributed by atoms with van der Waals surface area (Å²) >= 11 is 3.49. The Labute approximate surface area is 112 Å². The van der Waals surface area contributed by atoms with Gasteiger partial charge in [0.05, 0.1) is 12.8 Å². The van der Waals surface area contributed by atoms with Crippen molar-refractivity contribution < 1.29 is 4.74 Å². The first-order valence-electron chi connectivity index (χ1n) is 6.36. The Morgan fingerprint density at radius 3 is 2.94 bits per heavy atom. The summed E-state index contributed by atoms with van der Waals surface area (Å²) in [4.78, 5) is 2.51. The summed E-state index contributed by atoms with van der Waals surface area (Å²) in [5.41, 5.74) is 1.24. The van der Waals surface area contributed by atoms with Gasteiger partial charge in [-0.2, -0.15) is 0 Å². The lowest BCUT2D eigenvalue weighted by molar-refractivity contribution is 0.402. The number of methoxy groups -OCH3 is 1. The minimum Gasteiger partial charge on any atom is -0.495 e. The Kier molecular flexibility index (Phi) is 4.32. The lowest BCUT2D eigenvalue weighted by Gasteiger charge is -2.37. The van der Waals surface area contributed by atoms with Crippen LogP contribution in [0.15, 0.2) is 22.7 Å². The molecule has 1 atom stereocenters. The van der Waals surface area contributed by atoms with Crippen LogP contribution in [0.2, 0.25) is 0 Å². The van der Waals surface area contributed by atoms with Crippen molar-refractivity contribution in [3.63, 3.8) is 0 Å². The first-order valence-corrected chi connectivity index (χ1v) is 7.15. The lowest BCUT2D eigenvalue weighted by Crippen LogP contribution is -2.39. The van der Waals surface area contributed by atoms with Crippen molar-refractivity contribution in [2.24, 2.45) is 0 Å². The zero-order chi connectivity index (χ0) is 12.3. The van der Waals surface area contributed by atoms with Crippen LogP contribution in [0, 0.1) is 0 Å². The van der Waals surface area contributed by atoms with Gasteiger partial charge in [0.25, 0.3) is 0 Å². The molecule has 0 saturated carbocycles. The van der Waals surface area contributed by atoms with E-state index in [0.717, 1.165) is 16.8 Å². The SMILES string of the molecule is CCC1CCCCN1c1ccc(Br)cc1OC. The monoisotopic (exact) mass is 297 g/mol. The van der Waals surface area contributed by atoms with Crippen molar-refractivity contribution in [3.05, 3.63) is 22.7 Å². The molecule has 17 heavy (non-hydrogen) atoms. The van der Waals surface area contributed by atoms with Gasteiger partial charge in [-0.05, 0) is 43.9 Å². The van der Waals surface area contributed by atoms with E-state index in [4.69, 9.17) is 4.74 Å². The molecule has 1 heterocycles. The fourth-order valence-corrected chi connectivity index (χ4v) is 2.97. The van der Waals surface area contributed by atoms with E-state index in [1.807, 2.05) is 0 Å². The van der Waals surface area contributed by atoms with Gasteiger partial charge in [0.1, 0.15) is 5.75 Å². The normalized spacial score (nSPS) is 20.4. The van der Waals surface area contributed by atoms with Gasteiger partial charge in [0.15, 0.2) is 0 Å². The van der Waals surface area contributed by atoms with Crippen molar-refractivity contribution in [2.45, 2.75) is 38.6 Å². The first-order chi connectivity index (χ1) is 8.26. The van der Waals surface area contributed by atoms with E-state index in [-0.39, 0.29) is 0 Å². The molecule has 0 aromatic heterocycles. The van der Waals surface area contributed by atoms with Crippen molar-refractivity contribution in [1.82, 2.24) is 0 Å². The predicted octanol–water partition coefficient (Wildman–Crippen LogP) is 4.23. The number of anilines is 1. The quantitative estimate of drug-likeness (QED) is 0.828. The van der Waals surface area contributed by atoms with Gasteiger partial charge in [-0.1, -0.05) is 22.9 Å². The highest BCUT2D eigenvalue weighted by Crippen LogP contribution is 2.35. The van der Waals surface area contributed by atoms with Gasteiger partial charge >= 0.3 is 0 Å². The largest absolute Gasteiger partial charge is 0.495 e. The maximum absolute atomic E-state index is 5.50. The van der Waals surface area contributed by atoms with Gasteiger partial charge in [-0.25, -0.2) is 0 Å². The van der Waals surface area contributed by atoms with E-state index in [2.05, 4.69) is 46.0 Å². The van der Waals surface area contributed by atoms with Crippen LogP contribution in [0.4, 0.5) is 5.69 Å². The topological polar surface area (TPSA) is 12.5 Å². The maximum atomic E-state index is 5.50. The van der Waals surface area contributed by atoms with Gasteiger partial charge in [0.2, 0.25) is 0 Å². The molecular formula is C14H20BrNO. The Bertz CT molecular complexity index is 380. The van der Waals surface area contributed by atoms with Crippen LogP contribution < -0.4 is 9.64 Å². The Morgan fingerprint density at radius 1 is 1.41 bits per heavy atom. The molecule has 0 aliphatic carbocycles. The number of nitrogens with zero attached hydrogens (tertiary/aromatic N) is 1. The molecule has 0 spiro atoms. The van der Waals surface area contributed by atoms with E-state index in [1.54, 1.807) is 7.11 Å². The smallest absolute Gasteiger partial charge is 0.143 e. The Balaban J connectivity index is 2.30. The van der Waals surface area contributed by atoms with Crippen LogP contribution in [-0.4, -0.2) is 19.7 Å². The van der Waals surface area contributed by atoms with E-state index >= 15 is 0 Å². The molecule has 0 N–H and O–H groups in total. The second-order valence-corrected chi connectivity index (χ2v) is 5.48. The molecule has 1 aromatic rings. The van der Waals surface area contributed by atoms with Crippen LogP contribution in [0.3, 0.4) is 0 Å². The number of ether oxygens (including phenoxy) is 1. The van der Waals surface area contributed by atoms with Crippen LogP contribution in [0.5, 0.6) is 5.75 Å². The van der Waals surface area contributed by atoms with E-state index < -0.39 is 0 Å². The number of hydrogen-bond acceptors (Lipinski definition) is 2. The third kappa shape index (κ3) is 2.76. The second-order valence-electron chi connectivity index (χ2n) is 4.57. The molecule has 3 heteroatoms. The highest BCUT2D eigenvalue weighted by molar-refractivity contribution is 9.10. The molecule has 0 amide bonds. The van der Waals surface area contributed by atoms with Gasteiger partial charge in [-0.3, -0.25) is 0 Å². The highest BCUT2D eigenvalue weighted by atomic mass is 79.9. The van der Waals surface area contributed by atoms with Crippen molar-refractivity contribution >= 4 is 21.6 Å². The van der Waals surface area contributed by atoms with Crippen LogP contribution in [0.1, 0.15) is 32.6 Å². The summed E-state index contributed by atoms with van der Waals surface area (Å²) < 4.78 is 6.57. The third-order valence-electron chi connectivity index (χ3n) is 3.55. The van der Waals surface area contributed by atoms with Crippen LogP contribution in [0.25, 0.3) is 0 Å². The number of halogens is 1. The van der Waals surface area contributed by atoms with E-state index in [1.165, 1.54) is 31.4 Å². The third-order valence-corrected chi connectivity index (χ3v) is 4.04. The molecule has 1 aliphatic heterocycles. The van der Waals surface area contributed by atoms with Crippen LogP contribution in [-0.2, 0) is 0 Å². The molecule has 1 aliphatic rings. The number of piperidine rings is 1. The Morgan fingerprint density at radius 2 is 2.24 bits per heavy atom. The minimum absolute atomic E-state index is 0.666. The summed E-state index contributed by atoms with van der Waals surface area (Å²) in [5.74, 6) is 0.972. The number of benzene rings is 1. The van der Waals surface area contributed by atoms with Crippen molar-refractivity contribution in [3.8, 4) is 5.75 Å². The maximum Gasteiger partial charge on any atom is 0.143 e. The zero-order valence-corrected chi connectivity index (χ0v) is 12.2. The number of hydrogen-bond donors (Lipinski definition) is 0.